The number of piperidine rings is 2. The van der Waals surface area contributed by atoms with Crippen molar-refractivity contribution in [1.29, 1.82) is 0 Å². The van der Waals surface area contributed by atoms with Gasteiger partial charge in [0.25, 0.3) is 0 Å². The van der Waals surface area contributed by atoms with Crippen LogP contribution in [-0.2, 0) is 25.6 Å². The Morgan fingerprint density at radius 2 is 1.86 bits per heavy atom. The first kappa shape index (κ1) is 28.4. The molecule has 0 aliphatic carbocycles. The maximum Gasteiger partial charge on any atom is 0.305 e. The van der Waals surface area contributed by atoms with Gasteiger partial charge in [0.2, 0.25) is 17.7 Å². The molecule has 0 spiro atoms. The third-order valence-electron chi connectivity index (χ3n) is 7.25. The van der Waals surface area contributed by atoms with Crippen molar-refractivity contribution in [2.24, 2.45) is 11.8 Å². The highest BCUT2D eigenvalue weighted by Gasteiger charge is 2.32. The number of amides is 3. The summed E-state index contributed by atoms with van der Waals surface area (Å²) in [5.41, 5.74) is 0.993. The summed E-state index contributed by atoms with van der Waals surface area (Å²) in [5.74, 6) is -1.18. The lowest BCUT2D eigenvalue weighted by molar-refractivity contribution is -0.141. The first-order valence-electron chi connectivity index (χ1n) is 13.3. The van der Waals surface area contributed by atoms with Gasteiger partial charge in [0.1, 0.15) is 11.8 Å². The molecule has 1 aromatic rings. The van der Waals surface area contributed by atoms with Crippen LogP contribution in [0.15, 0.2) is 24.3 Å². The number of hydrogen-bond acceptors (Lipinski definition) is 6. The summed E-state index contributed by atoms with van der Waals surface area (Å²) in [5, 5.41) is 18.0. The molecule has 4 N–H and O–H groups in total. The van der Waals surface area contributed by atoms with Gasteiger partial charge in [-0.2, -0.15) is 0 Å². The predicted octanol–water partition coefficient (Wildman–Crippen LogP) is 1.33. The highest BCUT2D eigenvalue weighted by Crippen LogP contribution is 2.22. The molecule has 2 aliphatic heterocycles. The van der Waals surface area contributed by atoms with Crippen LogP contribution < -0.4 is 20.7 Å². The van der Waals surface area contributed by atoms with E-state index >= 15 is 0 Å². The van der Waals surface area contributed by atoms with E-state index in [1.54, 1.807) is 12.0 Å². The molecule has 3 amide bonds. The molecule has 10 heteroatoms. The third kappa shape index (κ3) is 9.35. The number of benzene rings is 1. The average molecular weight is 517 g/mol. The fraction of sp³-hybridized carbons (Fsp3) is 0.630. The topological polar surface area (TPSA) is 137 Å². The van der Waals surface area contributed by atoms with Crippen molar-refractivity contribution in [3.8, 4) is 5.75 Å². The van der Waals surface area contributed by atoms with E-state index in [1.807, 2.05) is 24.3 Å². The van der Waals surface area contributed by atoms with Gasteiger partial charge in [-0.1, -0.05) is 12.1 Å². The minimum Gasteiger partial charge on any atom is -0.497 e. The van der Waals surface area contributed by atoms with Crippen LogP contribution in [0.25, 0.3) is 0 Å². The SMILES string of the molecule is COc1ccc(CCNC(=O)[C@H](CC(=O)O)NC(=O)[C@@H]2CCCN(C(=O)CCC3CCNCC3)C2)cc1. The molecule has 2 atom stereocenters. The van der Waals surface area contributed by atoms with E-state index in [0.717, 1.165) is 43.7 Å². The van der Waals surface area contributed by atoms with Crippen LogP contribution in [0.3, 0.4) is 0 Å². The minimum atomic E-state index is -1.17. The summed E-state index contributed by atoms with van der Waals surface area (Å²) in [7, 11) is 1.59. The first-order chi connectivity index (χ1) is 17.9. The van der Waals surface area contributed by atoms with Gasteiger partial charge in [0.15, 0.2) is 0 Å². The van der Waals surface area contributed by atoms with Gasteiger partial charge >= 0.3 is 5.97 Å². The molecule has 2 saturated heterocycles. The molecule has 204 valence electrons. The summed E-state index contributed by atoms with van der Waals surface area (Å²) in [6, 6.07) is 6.27. The van der Waals surface area contributed by atoms with Gasteiger partial charge in [0.05, 0.1) is 19.4 Å². The van der Waals surface area contributed by atoms with Crippen LogP contribution >= 0.6 is 0 Å². The molecule has 2 aliphatic rings. The van der Waals surface area contributed by atoms with Crippen molar-refractivity contribution >= 4 is 23.7 Å². The standard InChI is InChI=1S/C27H40N4O6/c1-37-22-7-4-19(5-8-22)12-15-29-27(36)23(17-25(33)34)30-26(35)21-3-2-16-31(18-21)24(32)9-6-20-10-13-28-14-11-20/h4-5,7-8,20-21,23,28H,2-3,6,9-18H2,1H3,(H,29,36)(H,30,35)(H,33,34)/t21-,23+/m1/s1. The summed E-state index contributed by atoms with van der Waals surface area (Å²) in [4.78, 5) is 51.6. The van der Waals surface area contributed by atoms with E-state index in [1.165, 1.54) is 0 Å². The molecule has 0 aromatic heterocycles. The number of carboxylic acid groups (broad SMARTS) is 1. The Morgan fingerprint density at radius 3 is 2.54 bits per heavy atom. The number of ether oxygens (including phenoxy) is 1. The van der Waals surface area contributed by atoms with E-state index in [9.17, 15) is 24.3 Å². The molecule has 0 radical (unpaired) electrons. The van der Waals surface area contributed by atoms with Crippen LogP contribution in [0.4, 0.5) is 0 Å². The number of likely N-dealkylation sites (tertiary alicyclic amines) is 1. The summed E-state index contributed by atoms with van der Waals surface area (Å²) >= 11 is 0. The number of methoxy groups -OCH3 is 1. The highest BCUT2D eigenvalue weighted by atomic mass is 16.5. The lowest BCUT2D eigenvalue weighted by Gasteiger charge is -2.33. The van der Waals surface area contributed by atoms with E-state index in [4.69, 9.17) is 4.74 Å². The molecule has 0 bridgehead atoms. The Morgan fingerprint density at radius 1 is 1.14 bits per heavy atom. The number of aliphatic carboxylic acids is 1. The summed E-state index contributed by atoms with van der Waals surface area (Å²) in [6.07, 6.45) is 4.88. The number of carbonyl (C=O) groups is 4. The Hall–Kier alpha value is -3.14. The van der Waals surface area contributed by atoms with Crippen LogP contribution in [0.2, 0.25) is 0 Å². The van der Waals surface area contributed by atoms with Crippen molar-refractivity contribution in [3.05, 3.63) is 29.8 Å². The zero-order valence-corrected chi connectivity index (χ0v) is 21.7. The zero-order valence-electron chi connectivity index (χ0n) is 21.7. The number of rotatable bonds is 12. The first-order valence-corrected chi connectivity index (χ1v) is 13.3. The largest absolute Gasteiger partial charge is 0.497 e. The van der Waals surface area contributed by atoms with Crippen molar-refractivity contribution in [1.82, 2.24) is 20.9 Å². The zero-order chi connectivity index (χ0) is 26.6. The second-order valence-electron chi connectivity index (χ2n) is 9.96. The van der Waals surface area contributed by atoms with Gasteiger partial charge in [-0.25, -0.2) is 0 Å². The number of hydrogen-bond donors (Lipinski definition) is 4. The summed E-state index contributed by atoms with van der Waals surface area (Å²) in [6.45, 7) is 3.23. The van der Waals surface area contributed by atoms with Gasteiger partial charge in [-0.15, -0.1) is 0 Å². The lowest BCUT2D eigenvalue weighted by atomic mass is 9.92. The maximum atomic E-state index is 13.0. The molecule has 37 heavy (non-hydrogen) atoms. The fourth-order valence-corrected chi connectivity index (χ4v) is 4.99. The quantitative estimate of drug-likeness (QED) is 0.329. The molecule has 0 unspecified atom stereocenters. The van der Waals surface area contributed by atoms with Gasteiger partial charge in [-0.3, -0.25) is 19.2 Å². The normalized spacial score (nSPS) is 19.1. The molecular formula is C27H40N4O6. The molecular weight excluding hydrogens is 476 g/mol. The Labute approximate surface area is 218 Å². The third-order valence-corrected chi connectivity index (χ3v) is 7.25. The van der Waals surface area contributed by atoms with Gasteiger partial charge < -0.3 is 30.7 Å². The van der Waals surface area contributed by atoms with Crippen LogP contribution in [-0.4, -0.2) is 79.6 Å². The lowest BCUT2D eigenvalue weighted by Crippen LogP contribution is -2.52. The van der Waals surface area contributed by atoms with Crippen molar-refractivity contribution in [2.75, 3.05) is 39.8 Å². The molecule has 2 heterocycles. The van der Waals surface area contributed by atoms with Crippen molar-refractivity contribution in [3.63, 3.8) is 0 Å². The fourth-order valence-electron chi connectivity index (χ4n) is 4.99. The van der Waals surface area contributed by atoms with Crippen LogP contribution in [0.1, 0.15) is 50.5 Å². The van der Waals surface area contributed by atoms with E-state index in [2.05, 4.69) is 16.0 Å². The second kappa shape index (κ2) is 14.6. The molecule has 2 fully saturated rings. The van der Waals surface area contributed by atoms with E-state index in [-0.39, 0.29) is 11.8 Å². The van der Waals surface area contributed by atoms with Gasteiger partial charge in [0, 0.05) is 26.1 Å². The van der Waals surface area contributed by atoms with Gasteiger partial charge in [-0.05, 0) is 75.2 Å². The smallest absolute Gasteiger partial charge is 0.305 e. The molecule has 10 nitrogen and oxygen atoms in total. The van der Waals surface area contributed by atoms with Crippen LogP contribution in [0, 0.1) is 11.8 Å². The van der Waals surface area contributed by atoms with Crippen molar-refractivity contribution < 1.29 is 29.0 Å². The van der Waals surface area contributed by atoms with Crippen molar-refractivity contribution in [2.45, 2.75) is 57.4 Å². The Kier molecular flexibility index (Phi) is 11.2. The van der Waals surface area contributed by atoms with Crippen LogP contribution in [0.5, 0.6) is 5.75 Å². The number of nitrogens with one attached hydrogen (secondary N) is 3. The molecule has 0 saturated carbocycles. The van der Waals surface area contributed by atoms with E-state index < -0.39 is 30.3 Å². The molecule has 1 aromatic carbocycles. The Bertz CT molecular complexity index is 916. The average Bonchev–Trinajstić information content (AvgIpc) is 2.92. The number of nitrogens with zero attached hydrogens (tertiary/aromatic N) is 1. The molecule has 3 rings (SSSR count). The predicted molar refractivity (Wildman–Crippen MR) is 138 cm³/mol. The minimum absolute atomic E-state index is 0.0643. The number of carbonyl (C=O) groups excluding carboxylic acids is 3. The number of carboxylic acids is 1. The highest BCUT2D eigenvalue weighted by molar-refractivity contribution is 5.91. The maximum absolute atomic E-state index is 13.0. The second-order valence-corrected chi connectivity index (χ2v) is 9.96. The summed E-state index contributed by atoms with van der Waals surface area (Å²) < 4.78 is 5.13. The van der Waals surface area contributed by atoms with E-state index in [0.29, 0.717) is 51.2 Å². The Balaban J connectivity index is 1.47. The monoisotopic (exact) mass is 516 g/mol.